The molecule has 0 aliphatic rings. The van der Waals surface area contributed by atoms with Crippen LogP contribution in [0.4, 0.5) is 5.69 Å². The molecule has 0 fully saturated rings. The van der Waals surface area contributed by atoms with Gasteiger partial charge in [0.05, 0.1) is 22.3 Å². The highest BCUT2D eigenvalue weighted by Gasteiger charge is 2.20. The van der Waals surface area contributed by atoms with E-state index in [0.29, 0.717) is 0 Å². The van der Waals surface area contributed by atoms with Crippen molar-refractivity contribution in [2.45, 2.75) is 0 Å². The third-order valence-corrected chi connectivity index (χ3v) is 2.81. The fourth-order valence-electron chi connectivity index (χ4n) is 1.21. The van der Waals surface area contributed by atoms with E-state index in [4.69, 9.17) is 28.3 Å². The number of para-hydroxylation sites is 1. The molecule has 18 heavy (non-hydrogen) atoms. The van der Waals surface area contributed by atoms with Crippen LogP contribution < -0.4 is 5.32 Å². The molecule has 0 bridgehead atoms. The SMILES string of the molecule is CN(CCO)C(=O)C(=O)Nc1c(Cl)cccc1Cl. The van der Waals surface area contributed by atoms with Crippen molar-refractivity contribution in [2.24, 2.45) is 0 Å². The van der Waals surface area contributed by atoms with Gasteiger partial charge in [0.2, 0.25) is 0 Å². The number of aliphatic hydroxyl groups is 1. The van der Waals surface area contributed by atoms with Crippen LogP contribution >= 0.6 is 23.2 Å². The second kappa shape index (κ2) is 6.58. The molecule has 7 heteroatoms. The van der Waals surface area contributed by atoms with Gasteiger partial charge in [0, 0.05) is 13.6 Å². The van der Waals surface area contributed by atoms with Gasteiger partial charge in [0.1, 0.15) is 0 Å². The van der Waals surface area contributed by atoms with E-state index in [-0.39, 0.29) is 28.9 Å². The first-order valence-corrected chi connectivity index (χ1v) is 5.84. The van der Waals surface area contributed by atoms with Gasteiger partial charge in [-0.2, -0.15) is 0 Å². The van der Waals surface area contributed by atoms with Gasteiger partial charge in [0.15, 0.2) is 0 Å². The zero-order valence-corrected chi connectivity index (χ0v) is 11.1. The summed E-state index contributed by atoms with van der Waals surface area (Å²) in [6.45, 7) is -0.148. The molecule has 0 aliphatic carbocycles. The first kappa shape index (κ1) is 14.8. The number of rotatable bonds is 3. The van der Waals surface area contributed by atoms with Gasteiger partial charge in [0.25, 0.3) is 0 Å². The topological polar surface area (TPSA) is 69.6 Å². The number of carbonyl (C=O) groups is 2. The van der Waals surface area contributed by atoms with Crippen LogP contribution in [-0.2, 0) is 9.59 Å². The Morgan fingerprint density at radius 1 is 1.33 bits per heavy atom. The van der Waals surface area contributed by atoms with Crippen LogP contribution in [0.15, 0.2) is 18.2 Å². The Morgan fingerprint density at radius 3 is 2.39 bits per heavy atom. The van der Waals surface area contributed by atoms with Crippen LogP contribution in [0.3, 0.4) is 0 Å². The van der Waals surface area contributed by atoms with Gasteiger partial charge < -0.3 is 15.3 Å². The molecule has 98 valence electrons. The average Bonchev–Trinajstić information content (AvgIpc) is 2.33. The normalized spacial score (nSPS) is 10.0. The van der Waals surface area contributed by atoms with E-state index in [9.17, 15) is 9.59 Å². The van der Waals surface area contributed by atoms with Crippen molar-refractivity contribution in [3.05, 3.63) is 28.2 Å². The van der Waals surface area contributed by atoms with Crippen LogP contribution in [0.5, 0.6) is 0 Å². The first-order valence-electron chi connectivity index (χ1n) is 5.08. The molecule has 0 aromatic heterocycles. The third kappa shape index (κ3) is 3.60. The minimum Gasteiger partial charge on any atom is -0.395 e. The van der Waals surface area contributed by atoms with Gasteiger partial charge in [-0.05, 0) is 12.1 Å². The summed E-state index contributed by atoms with van der Waals surface area (Å²) in [6, 6.07) is 4.72. The van der Waals surface area contributed by atoms with E-state index >= 15 is 0 Å². The standard InChI is InChI=1S/C11H12Cl2N2O3/c1-15(5-6-16)11(18)10(17)14-9-7(12)3-2-4-8(9)13/h2-4,16H,5-6H2,1H3,(H,14,17). The second-order valence-electron chi connectivity index (χ2n) is 3.50. The Hall–Kier alpha value is -1.30. The Balaban J connectivity index is 2.79. The molecular weight excluding hydrogens is 279 g/mol. The maximum Gasteiger partial charge on any atom is 0.313 e. The molecule has 1 rings (SSSR count). The molecule has 0 spiro atoms. The fourth-order valence-corrected chi connectivity index (χ4v) is 1.70. The summed E-state index contributed by atoms with van der Waals surface area (Å²) in [5.74, 6) is -1.64. The first-order chi connectivity index (χ1) is 8.47. The molecule has 0 atom stereocenters. The highest BCUT2D eigenvalue weighted by molar-refractivity contribution is 6.44. The molecule has 0 heterocycles. The number of halogens is 2. The summed E-state index contributed by atoms with van der Waals surface area (Å²) in [4.78, 5) is 24.3. The van der Waals surface area contributed by atoms with E-state index in [2.05, 4.69) is 5.32 Å². The number of nitrogens with zero attached hydrogens (tertiary/aromatic N) is 1. The summed E-state index contributed by atoms with van der Waals surface area (Å²) < 4.78 is 0. The quantitative estimate of drug-likeness (QED) is 0.827. The second-order valence-corrected chi connectivity index (χ2v) is 4.32. The van der Waals surface area contributed by atoms with Crippen LogP contribution in [0.25, 0.3) is 0 Å². The lowest BCUT2D eigenvalue weighted by molar-refractivity contribution is -0.142. The van der Waals surface area contributed by atoms with Crippen molar-refractivity contribution in [3.8, 4) is 0 Å². The molecule has 0 aliphatic heterocycles. The number of nitrogens with one attached hydrogen (secondary N) is 1. The molecule has 0 saturated heterocycles. The zero-order chi connectivity index (χ0) is 13.7. The third-order valence-electron chi connectivity index (χ3n) is 2.18. The number of benzene rings is 1. The number of likely N-dealkylation sites (N-methyl/N-ethyl adjacent to an activating group) is 1. The monoisotopic (exact) mass is 290 g/mol. The van der Waals surface area contributed by atoms with Crippen molar-refractivity contribution in [1.82, 2.24) is 4.90 Å². The molecule has 0 unspecified atom stereocenters. The van der Waals surface area contributed by atoms with Crippen LogP contribution in [0, 0.1) is 0 Å². The molecule has 1 aromatic carbocycles. The number of aliphatic hydroxyl groups excluding tert-OH is 1. The Morgan fingerprint density at radius 2 is 1.89 bits per heavy atom. The van der Waals surface area contributed by atoms with E-state index in [1.807, 2.05) is 0 Å². The molecule has 0 radical (unpaired) electrons. The smallest absolute Gasteiger partial charge is 0.313 e. The predicted molar refractivity (Wildman–Crippen MR) is 69.8 cm³/mol. The average molecular weight is 291 g/mol. The predicted octanol–water partition coefficient (Wildman–Crippen LogP) is 1.38. The molecular formula is C11H12Cl2N2O3. The van der Waals surface area contributed by atoms with Crippen LogP contribution in [0.2, 0.25) is 10.0 Å². The van der Waals surface area contributed by atoms with Gasteiger partial charge in [-0.1, -0.05) is 29.3 Å². The van der Waals surface area contributed by atoms with Gasteiger partial charge in [-0.15, -0.1) is 0 Å². The van der Waals surface area contributed by atoms with Gasteiger partial charge in [-0.3, -0.25) is 9.59 Å². The number of hydrogen-bond acceptors (Lipinski definition) is 3. The Kier molecular flexibility index (Phi) is 5.40. The lowest BCUT2D eigenvalue weighted by Gasteiger charge is -2.15. The van der Waals surface area contributed by atoms with Crippen molar-refractivity contribution in [2.75, 3.05) is 25.5 Å². The number of hydrogen-bond donors (Lipinski definition) is 2. The lowest BCUT2D eigenvalue weighted by Crippen LogP contribution is -2.38. The van der Waals surface area contributed by atoms with E-state index < -0.39 is 11.8 Å². The lowest BCUT2D eigenvalue weighted by atomic mass is 10.3. The van der Waals surface area contributed by atoms with Crippen molar-refractivity contribution >= 4 is 40.7 Å². The Bertz CT molecular complexity index is 445. The zero-order valence-electron chi connectivity index (χ0n) is 9.61. The van der Waals surface area contributed by atoms with Crippen molar-refractivity contribution in [1.29, 1.82) is 0 Å². The van der Waals surface area contributed by atoms with Gasteiger partial charge in [-0.25, -0.2) is 0 Å². The fraction of sp³-hybridized carbons (Fsp3) is 0.273. The van der Waals surface area contributed by atoms with E-state index in [1.165, 1.54) is 7.05 Å². The van der Waals surface area contributed by atoms with Crippen LogP contribution in [-0.4, -0.2) is 42.0 Å². The van der Waals surface area contributed by atoms with E-state index in [1.54, 1.807) is 18.2 Å². The molecule has 5 nitrogen and oxygen atoms in total. The number of carbonyl (C=O) groups excluding carboxylic acids is 2. The van der Waals surface area contributed by atoms with E-state index in [0.717, 1.165) is 4.90 Å². The minimum absolute atomic E-state index is 0.0719. The summed E-state index contributed by atoms with van der Waals surface area (Å²) in [6.07, 6.45) is 0. The minimum atomic E-state index is -0.860. The highest BCUT2D eigenvalue weighted by atomic mass is 35.5. The molecule has 1 aromatic rings. The largest absolute Gasteiger partial charge is 0.395 e. The summed E-state index contributed by atoms with van der Waals surface area (Å²) in [5, 5.41) is 11.5. The molecule has 2 N–H and O–H groups in total. The van der Waals surface area contributed by atoms with Gasteiger partial charge >= 0.3 is 11.8 Å². The Labute approximate surface area is 114 Å². The van der Waals surface area contributed by atoms with Crippen molar-refractivity contribution in [3.63, 3.8) is 0 Å². The van der Waals surface area contributed by atoms with Crippen LogP contribution in [0.1, 0.15) is 0 Å². The maximum atomic E-state index is 11.6. The molecule has 0 saturated carbocycles. The van der Waals surface area contributed by atoms with Crippen molar-refractivity contribution < 1.29 is 14.7 Å². The number of amides is 2. The molecule has 2 amide bonds. The number of anilines is 1. The maximum absolute atomic E-state index is 11.6. The summed E-state index contributed by atoms with van der Waals surface area (Å²) in [7, 11) is 1.41. The summed E-state index contributed by atoms with van der Waals surface area (Å²) >= 11 is 11.7. The highest BCUT2D eigenvalue weighted by Crippen LogP contribution is 2.29. The summed E-state index contributed by atoms with van der Waals surface area (Å²) in [5.41, 5.74) is 0.191.